The number of carboxylic acid groups (broad SMARTS) is 1. The molecule has 2 aliphatic heterocycles. The van der Waals surface area contributed by atoms with Gasteiger partial charge in [0.15, 0.2) is 0 Å². The monoisotopic (exact) mass is 601 g/mol. The Morgan fingerprint density at radius 2 is 1.84 bits per heavy atom. The van der Waals surface area contributed by atoms with Gasteiger partial charge in [0.2, 0.25) is 0 Å². The molecule has 0 spiro atoms. The molecule has 9 nitrogen and oxygen atoms in total. The summed E-state index contributed by atoms with van der Waals surface area (Å²) in [7, 11) is 0. The zero-order valence-corrected chi connectivity index (χ0v) is 25.3. The van der Waals surface area contributed by atoms with E-state index < -0.39 is 5.97 Å². The van der Waals surface area contributed by atoms with Gasteiger partial charge in [-0.2, -0.15) is 0 Å². The zero-order valence-electron chi connectivity index (χ0n) is 24.5. The van der Waals surface area contributed by atoms with Crippen molar-refractivity contribution in [3.8, 4) is 0 Å². The van der Waals surface area contributed by atoms with Gasteiger partial charge in [0.1, 0.15) is 5.82 Å². The molecule has 4 aromatic rings. The first-order chi connectivity index (χ1) is 20.8. The molecule has 3 aromatic carbocycles. The van der Waals surface area contributed by atoms with Crippen molar-refractivity contribution in [1.29, 1.82) is 0 Å². The number of fused-ring (bicyclic) bond motifs is 1. The third kappa shape index (κ3) is 6.11. The Kier molecular flexibility index (Phi) is 8.38. The Labute approximate surface area is 256 Å². The van der Waals surface area contributed by atoms with E-state index in [9.17, 15) is 14.7 Å². The van der Waals surface area contributed by atoms with Crippen LogP contribution in [0.3, 0.4) is 0 Å². The van der Waals surface area contributed by atoms with Gasteiger partial charge in [-0.1, -0.05) is 23.7 Å². The fourth-order valence-corrected chi connectivity index (χ4v) is 6.22. The Morgan fingerprint density at radius 1 is 1.05 bits per heavy atom. The van der Waals surface area contributed by atoms with Crippen LogP contribution in [0.2, 0.25) is 5.02 Å². The molecule has 0 aliphatic carbocycles. The summed E-state index contributed by atoms with van der Waals surface area (Å²) in [6, 6.07) is 18.8. The van der Waals surface area contributed by atoms with Crippen molar-refractivity contribution in [2.75, 3.05) is 44.2 Å². The zero-order chi connectivity index (χ0) is 30.1. The molecule has 10 heteroatoms. The molecule has 2 saturated heterocycles. The van der Waals surface area contributed by atoms with Gasteiger partial charge in [-0.05, 0) is 74.4 Å². The van der Waals surface area contributed by atoms with E-state index in [-0.39, 0.29) is 17.6 Å². The van der Waals surface area contributed by atoms with E-state index in [0.29, 0.717) is 43.3 Å². The highest BCUT2D eigenvalue weighted by Crippen LogP contribution is 2.33. The summed E-state index contributed by atoms with van der Waals surface area (Å²) in [4.78, 5) is 36.4. The molecule has 1 atom stereocenters. The Hall–Kier alpha value is -3.92. The number of carboxylic acids is 1. The molecule has 1 aromatic heterocycles. The second-order valence-electron chi connectivity index (χ2n) is 11.2. The Morgan fingerprint density at radius 3 is 2.51 bits per heavy atom. The van der Waals surface area contributed by atoms with Crippen LogP contribution >= 0.6 is 11.6 Å². The quantitative estimate of drug-likeness (QED) is 0.267. The lowest BCUT2D eigenvalue weighted by atomic mass is 10.1. The lowest BCUT2D eigenvalue weighted by Crippen LogP contribution is -2.48. The van der Waals surface area contributed by atoms with Crippen molar-refractivity contribution >= 4 is 45.9 Å². The predicted molar refractivity (Wildman–Crippen MR) is 168 cm³/mol. The number of aryl methyl sites for hydroxylation is 1. The largest absolute Gasteiger partial charge is 0.478 e. The number of piperazine rings is 1. The van der Waals surface area contributed by atoms with Gasteiger partial charge in [-0.25, -0.2) is 9.78 Å². The summed E-state index contributed by atoms with van der Waals surface area (Å²) in [6.07, 6.45) is 1.09. The van der Waals surface area contributed by atoms with Crippen molar-refractivity contribution in [3.63, 3.8) is 0 Å². The molecule has 2 fully saturated rings. The first-order valence-corrected chi connectivity index (χ1v) is 15.2. The maximum absolute atomic E-state index is 13.6. The molecular weight excluding hydrogens is 566 g/mol. The molecule has 0 radical (unpaired) electrons. The first-order valence-electron chi connectivity index (χ1n) is 14.8. The van der Waals surface area contributed by atoms with E-state index in [1.54, 1.807) is 18.2 Å². The summed E-state index contributed by atoms with van der Waals surface area (Å²) < 4.78 is 7.80. The number of rotatable bonds is 9. The smallest absolute Gasteiger partial charge is 0.335 e. The van der Waals surface area contributed by atoms with Gasteiger partial charge in [0, 0.05) is 50.6 Å². The maximum atomic E-state index is 13.6. The van der Waals surface area contributed by atoms with Crippen molar-refractivity contribution in [3.05, 3.63) is 88.2 Å². The number of carbonyl (C=O) groups excluding carboxylic acids is 1. The van der Waals surface area contributed by atoms with Crippen LogP contribution in [-0.4, -0.2) is 81.8 Å². The third-order valence-corrected chi connectivity index (χ3v) is 8.70. The molecule has 1 N–H and O–H groups in total. The molecule has 2 aliphatic rings. The number of benzene rings is 3. The van der Waals surface area contributed by atoms with E-state index in [0.717, 1.165) is 59.9 Å². The highest BCUT2D eigenvalue weighted by molar-refractivity contribution is 6.33. The van der Waals surface area contributed by atoms with Crippen LogP contribution in [-0.2, 0) is 17.8 Å². The van der Waals surface area contributed by atoms with E-state index >= 15 is 0 Å². The van der Waals surface area contributed by atoms with Gasteiger partial charge >= 0.3 is 5.97 Å². The van der Waals surface area contributed by atoms with E-state index in [2.05, 4.69) is 21.3 Å². The SMILES string of the molecule is CCN(c1cccc(C(=O)N2CCN(Cc3nc4ccc(C(=O)O)cc4n3C[C@@H]3CCO3)CC2)c1)c1ccc(C)cc1Cl. The van der Waals surface area contributed by atoms with Crippen LogP contribution in [0, 0.1) is 6.92 Å². The Bertz CT molecular complexity index is 1660. The number of halogens is 1. The molecule has 6 rings (SSSR count). The lowest BCUT2D eigenvalue weighted by Gasteiger charge is -2.35. The molecule has 0 bridgehead atoms. The van der Waals surface area contributed by atoms with Crippen LogP contribution in [0.4, 0.5) is 11.4 Å². The van der Waals surface area contributed by atoms with Crippen LogP contribution in [0.1, 0.15) is 45.4 Å². The van der Waals surface area contributed by atoms with Crippen molar-refractivity contribution in [2.24, 2.45) is 0 Å². The minimum Gasteiger partial charge on any atom is -0.478 e. The van der Waals surface area contributed by atoms with Crippen LogP contribution in [0.5, 0.6) is 0 Å². The molecule has 0 unspecified atom stereocenters. The minimum atomic E-state index is -0.955. The topological polar surface area (TPSA) is 91.1 Å². The van der Waals surface area contributed by atoms with Crippen molar-refractivity contribution in [1.82, 2.24) is 19.4 Å². The first kappa shape index (κ1) is 29.2. The molecule has 3 heterocycles. The lowest BCUT2D eigenvalue weighted by molar-refractivity contribution is -0.0592. The van der Waals surface area contributed by atoms with Crippen molar-refractivity contribution in [2.45, 2.75) is 39.5 Å². The van der Waals surface area contributed by atoms with Gasteiger partial charge < -0.3 is 24.2 Å². The molecule has 43 heavy (non-hydrogen) atoms. The summed E-state index contributed by atoms with van der Waals surface area (Å²) >= 11 is 6.58. The molecule has 1 amide bonds. The van der Waals surface area contributed by atoms with Crippen molar-refractivity contribution < 1.29 is 19.4 Å². The number of imidazole rings is 1. The number of anilines is 2. The van der Waals surface area contributed by atoms with Crippen LogP contribution < -0.4 is 4.90 Å². The second kappa shape index (κ2) is 12.4. The maximum Gasteiger partial charge on any atom is 0.335 e. The second-order valence-corrected chi connectivity index (χ2v) is 11.7. The highest BCUT2D eigenvalue weighted by atomic mass is 35.5. The summed E-state index contributed by atoms with van der Waals surface area (Å²) in [6.45, 7) is 9.47. The van der Waals surface area contributed by atoms with Gasteiger partial charge in [0.25, 0.3) is 5.91 Å². The fraction of sp³-hybridized carbons (Fsp3) is 0.364. The van der Waals surface area contributed by atoms with E-state index in [4.69, 9.17) is 21.3 Å². The molecule has 224 valence electrons. The van der Waals surface area contributed by atoms with Gasteiger partial charge in [-0.15, -0.1) is 0 Å². The van der Waals surface area contributed by atoms with Crippen LogP contribution in [0.25, 0.3) is 11.0 Å². The van der Waals surface area contributed by atoms with E-state index in [1.165, 1.54) is 0 Å². The highest BCUT2D eigenvalue weighted by Gasteiger charge is 2.26. The summed E-state index contributed by atoms with van der Waals surface area (Å²) in [5.74, 6) is -0.0539. The average Bonchev–Trinajstić information content (AvgIpc) is 3.32. The number of nitrogens with zero attached hydrogens (tertiary/aromatic N) is 5. The van der Waals surface area contributed by atoms with Gasteiger partial charge in [0.05, 0.1) is 46.5 Å². The number of hydrogen-bond donors (Lipinski definition) is 1. The summed E-state index contributed by atoms with van der Waals surface area (Å²) in [5.41, 5.74) is 5.44. The predicted octanol–water partition coefficient (Wildman–Crippen LogP) is 5.60. The number of amides is 1. The third-order valence-electron chi connectivity index (χ3n) is 8.39. The number of aromatic nitrogens is 2. The average molecular weight is 602 g/mol. The summed E-state index contributed by atoms with van der Waals surface area (Å²) in [5, 5.41) is 10.2. The normalized spacial score (nSPS) is 17.2. The molecule has 0 saturated carbocycles. The fourth-order valence-electron chi connectivity index (χ4n) is 5.88. The van der Waals surface area contributed by atoms with Crippen LogP contribution in [0.15, 0.2) is 60.7 Å². The number of hydrogen-bond acceptors (Lipinski definition) is 6. The van der Waals surface area contributed by atoms with Gasteiger partial charge in [-0.3, -0.25) is 9.69 Å². The minimum absolute atomic E-state index is 0.0168. The Balaban J connectivity index is 1.14. The molecular formula is C33H36ClN5O4. The van der Waals surface area contributed by atoms with E-state index in [1.807, 2.05) is 54.3 Å². The standard InChI is InChI=1S/C33H36ClN5O4/c1-3-38(29-10-7-22(2)17-27(29)34)25-6-4-5-23(18-25)32(40)37-14-12-36(13-15-37)21-31-35-28-9-8-24(33(41)42)19-30(28)39(31)20-26-11-16-43-26/h4-10,17-19,26H,3,11-16,20-21H2,1-2H3,(H,41,42)/t26-/m0/s1. The number of ether oxygens (including phenoxy) is 1. The number of aromatic carboxylic acids is 1. The number of carbonyl (C=O) groups is 2.